The van der Waals surface area contributed by atoms with E-state index in [-0.39, 0.29) is 21.4 Å². The minimum atomic E-state index is -0.553. The van der Waals surface area contributed by atoms with Crippen molar-refractivity contribution in [3.05, 3.63) is 44.2 Å². The van der Waals surface area contributed by atoms with Gasteiger partial charge in [-0.3, -0.25) is 10.1 Å². The largest absolute Gasteiger partial charge is 0.330 e. The summed E-state index contributed by atoms with van der Waals surface area (Å²) in [6, 6.07) is 2.67. The summed E-state index contributed by atoms with van der Waals surface area (Å²) in [4.78, 5) is 10.6. The van der Waals surface area contributed by atoms with E-state index in [2.05, 4.69) is 10.3 Å². The molecule has 2 N–H and O–H groups in total. The maximum atomic E-state index is 11.1. The van der Waals surface area contributed by atoms with Crippen LogP contribution in [0.1, 0.15) is 18.5 Å². The number of benzene rings is 1. The second-order valence-electron chi connectivity index (χ2n) is 4.41. The maximum absolute atomic E-state index is 11.1. The molecule has 0 aliphatic carbocycles. The highest BCUT2D eigenvalue weighted by molar-refractivity contribution is 6.36. The molecule has 0 aliphatic heterocycles. The van der Waals surface area contributed by atoms with Crippen LogP contribution in [0.3, 0.4) is 0 Å². The molecule has 0 radical (unpaired) electrons. The lowest BCUT2D eigenvalue weighted by Gasteiger charge is -2.05. The number of unbranched alkanes of at least 4 members (excludes halogenated alkanes) is 1. The Morgan fingerprint density at radius 3 is 2.76 bits per heavy atom. The van der Waals surface area contributed by atoms with Crippen LogP contribution in [-0.4, -0.2) is 26.5 Å². The standard InChI is InChI=1S/C12H13Cl2N5O2/c13-8-5-10(14)12(11(6-8)19(20)21)18-7-9(16-17-18)3-1-2-4-15/h5-7H,1-4,15H2. The number of hydrogen-bond donors (Lipinski definition) is 1. The number of nitro groups is 1. The van der Waals surface area contributed by atoms with Crippen LogP contribution in [0.2, 0.25) is 10.0 Å². The Morgan fingerprint density at radius 1 is 1.33 bits per heavy atom. The molecule has 0 saturated heterocycles. The highest BCUT2D eigenvalue weighted by atomic mass is 35.5. The third kappa shape index (κ3) is 3.69. The molecular formula is C12H13Cl2N5O2. The Morgan fingerprint density at radius 2 is 2.10 bits per heavy atom. The van der Waals surface area contributed by atoms with E-state index in [4.69, 9.17) is 28.9 Å². The molecule has 0 unspecified atom stereocenters. The number of aryl methyl sites for hydroxylation is 1. The van der Waals surface area contributed by atoms with Crippen LogP contribution in [0.15, 0.2) is 18.3 Å². The van der Waals surface area contributed by atoms with Crippen LogP contribution in [-0.2, 0) is 6.42 Å². The molecule has 1 aromatic carbocycles. The predicted molar refractivity (Wildman–Crippen MR) is 80.0 cm³/mol. The number of nitro benzene ring substituents is 1. The van der Waals surface area contributed by atoms with Gasteiger partial charge in [0.1, 0.15) is 0 Å². The molecule has 0 bridgehead atoms. The minimum absolute atomic E-state index is 0.146. The molecule has 0 spiro atoms. The molecule has 21 heavy (non-hydrogen) atoms. The van der Waals surface area contributed by atoms with Gasteiger partial charge >= 0.3 is 0 Å². The minimum Gasteiger partial charge on any atom is -0.330 e. The summed E-state index contributed by atoms with van der Waals surface area (Å²) in [6.07, 6.45) is 4.09. The normalized spacial score (nSPS) is 10.8. The van der Waals surface area contributed by atoms with E-state index in [9.17, 15) is 10.1 Å². The van der Waals surface area contributed by atoms with E-state index in [1.165, 1.54) is 16.8 Å². The van der Waals surface area contributed by atoms with Gasteiger partial charge < -0.3 is 5.73 Å². The van der Waals surface area contributed by atoms with Crippen LogP contribution in [0.25, 0.3) is 5.69 Å². The number of aromatic nitrogens is 3. The zero-order valence-corrected chi connectivity index (χ0v) is 12.5. The zero-order valence-electron chi connectivity index (χ0n) is 11.0. The van der Waals surface area contributed by atoms with Gasteiger partial charge in [-0.1, -0.05) is 28.4 Å². The fraction of sp³-hybridized carbons (Fsp3) is 0.333. The van der Waals surface area contributed by atoms with Crippen LogP contribution in [0.5, 0.6) is 0 Å². The summed E-state index contributed by atoms with van der Waals surface area (Å²) in [6.45, 7) is 0.614. The Hall–Kier alpha value is -1.70. The fourth-order valence-corrected chi connectivity index (χ4v) is 2.46. The summed E-state index contributed by atoms with van der Waals surface area (Å²) in [5.74, 6) is 0. The third-order valence-corrected chi connectivity index (χ3v) is 3.37. The Balaban J connectivity index is 2.36. The lowest BCUT2D eigenvalue weighted by molar-refractivity contribution is -0.384. The second kappa shape index (κ2) is 6.84. The van der Waals surface area contributed by atoms with Crippen molar-refractivity contribution in [2.45, 2.75) is 19.3 Å². The molecule has 0 atom stereocenters. The molecule has 7 nitrogen and oxygen atoms in total. The summed E-state index contributed by atoms with van der Waals surface area (Å²) < 4.78 is 1.30. The van der Waals surface area contributed by atoms with Crippen molar-refractivity contribution in [2.75, 3.05) is 6.54 Å². The van der Waals surface area contributed by atoms with Gasteiger partial charge in [-0.25, -0.2) is 4.68 Å². The van der Waals surface area contributed by atoms with Gasteiger partial charge in [0.2, 0.25) is 0 Å². The first kappa shape index (κ1) is 15.7. The number of rotatable bonds is 6. The van der Waals surface area contributed by atoms with E-state index < -0.39 is 4.92 Å². The first-order chi connectivity index (χ1) is 10.0. The lowest BCUT2D eigenvalue weighted by Crippen LogP contribution is -2.02. The van der Waals surface area contributed by atoms with E-state index in [1.807, 2.05) is 0 Å². The molecule has 1 heterocycles. The van der Waals surface area contributed by atoms with Gasteiger partial charge in [-0.15, -0.1) is 5.10 Å². The van der Waals surface area contributed by atoms with Gasteiger partial charge in [0.05, 0.1) is 21.8 Å². The predicted octanol–water partition coefficient (Wildman–Crippen LogP) is 2.76. The van der Waals surface area contributed by atoms with Gasteiger partial charge in [-0.05, 0) is 31.9 Å². The number of halogens is 2. The van der Waals surface area contributed by atoms with Crippen LogP contribution >= 0.6 is 23.2 Å². The highest BCUT2D eigenvalue weighted by Crippen LogP contribution is 2.33. The topological polar surface area (TPSA) is 99.9 Å². The maximum Gasteiger partial charge on any atom is 0.297 e. The Bertz CT molecular complexity index is 659. The summed E-state index contributed by atoms with van der Waals surface area (Å²) in [7, 11) is 0. The molecule has 9 heteroatoms. The number of nitrogens with two attached hydrogens (primary N) is 1. The van der Waals surface area contributed by atoms with Crippen LogP contribution in [0, 0.1) is 10.1 Å². The molecule has 1 aromatic heterocycles. The van der Waals surface area contributed by atoms with Crippen LogP contribution in [0.4, 0.5) is 5.69 Å². The van der Waals surface area contributed by atoms with E-state index in [1.54, 1.807) is 6.20 Å². The smallest absolute Gasteiger partial charge is 0.297 e. The molecule has 2 rings (SSSR count). The third-order valence-electron chi connectivity index (χ3n) is 2.86. The van der Waals surface area contributed by atoms with Crippen molar-refractivity contribution in [3.63, 3.8) is 0 Å². The average molecular weight is 330 g/mol. The average Bonchev–Trinajstić information content (AvgIpc) is 2.86. The van der Waals surface area contributed by atoms with Gasteiger partial charge in [0.25, 0.3) is 5.69 Å². The van der Waals surface area contributed by atoms with Crippen molar-refractivity contribution in [1.29, 1.82) is 0 Å². The highest BCUT2D eigenvalue weighted by Gasteiger charge is 2.21. The molecule has 0 saturated carbocycles. The SMILES string of the molecule is NCCCCc1cn(-c2c(Cl)cc(Cl)cc2[N+](=O)[O-])nn1. The van der Waals surface area contributed by atoms with E-state index in [0.717, 1.165) is 18.5 Å². The lowest BCUT2D eigenvalue weighted by atomic mass is 10.2. The summed E-state index contributed by atoms with van der Waals surface area (Å²) >= 11 is 11.9. The van der Waals surface area contributed by atoms with Gasteiger partial charge in [-0.2, -0.15) is 0 Å². The molecule has 112 valence electrons. The van der Waals surface area contributed by atoms with Crippen LogP contribution < -0.4 is 5.73 Å². The van der Waals surface area contributed by atoms with Crippen molar-refractivity contribution in [1.82, 2.24) is 15.0 Å². The molecule has 0 aliphatic rings. The number of nitrogens with zero attached hydrogens (tertiary/aromatic N) is 4. The summed E-state index contributed by atoms with van der Waals surface area (Å²) in [5.41, 5.74) is 6.10. The zero-order chi connectivity index (χ0) is 15.4. The number of hydrogen-bond acceptors (Lipinski definition) is 5. The van der Waals surface area contributed by atoms with E-state index >= 15 is 0 Å². The fourth-order valence-electron chi connectivity index (χ4n) is 1.89. The summed E-state index contributed by atoms with van der Waals surface area (Å²) in [5, 5.41) is 19.4. The quantitative estimate of drug-likeness (QED) is 0.499. The van der Waals surface area contributed by atoms with Crippen molar-refractivity contribution >= 4 is 28.9 Å². The molecule has 0 fully saturated rings. The Labute approximate surface area is 130 Å². The van der Waals surface area contributed by atoms with Crippen molar-refractivity contribution < 1.29 is 4.92 Å². The molecule has 0 amide bonds. The molecule has 2 aromatic rings. The van der Waals surface area contributed by atoms with Gasteiger partial charge in [0.15, 0.2) is 5.69 Å². The monoisotopic (exact) mass is 329 g/mol. The van der Waals surface area contributed by atoms with Crippen molar-refractivity contribution in [3.8, 4) is 5.69 Å². The first-order valence-electron chi connectivity index (χ1n) is 6.28. The van der Waals surface area contributed by atoms with Gasteiger partial charge in [0, 0.05) is 11.1 Å². The van der Waals surface area contributed by atoms with Crippen molar-refractivity contribution in [2.24, 2.45) is 5.73 Å². The second-order valence-corrected chi connectivity index (χ2v) is 5.26. The molecular weight excluding hydrogens is 317 g/mol. The Kier molecular flexibility index (Phi) is 5.11. The van der Waals surface area contributed by atoms with E-state index in [0.29, 0.717) is 13.0 Å². The first-order valence-corrected chi connectivity index (χ1v) is 7.03.